The third-order valence-electron chi connectivity index (χ3n) is 6.89. The fourth-order valence-electron chi connectivity index (χ4n) is 5.08. The summed E-state index contributed by atoms with van der Waals surface area (Å²) in [5, 5.41) is 5.97. The molecular formula is C28H29FN4O2. The van der Waals surface area contributed by atoms with Crippen LogP contribution in [0.5, 0.6) is 0 Å². The van der Waals surface area contributed by atoms with Gasteiger partial charge in [-0.1, -0.05) is 24.3 Å². The van der Waals surface area contributed by atoms with E-state index in [9.17, 15) is 14.0 Å². The molecule has 0 spiro atoms. The van der Waals surface area contributed by atoms with Crippen LogP contribution in [0, 0.1) is 19.7 Å². The van der Waals surface area contributed by atoms with Crippen LogP contribution >= 0.6 is 0 Å². The van der Waals surface area contributed by atoms with Crippen molar-refractivity contribution in [3.8, 4) is 11.1 Å². The molecule has 5 rings (SSSR count). The number of hydrogen-bond donors (Lipinski definition) is 3. The molecule has 2 aliphatic rings. The van der Waals surface area contributed by atoms with Gasteiger partial charge in [-0.25, -0.2) is 4.39 Å². The highest BCUT2D eigenvalue weighted by Gasteiger charge is 2.28. The molecule has 3 aromatic rings. The number of aromatic nitrogens is 1. The summed E-state index contributed by atoms with van der Waals surface area (Å²) >= 11 is 0. The van der Waals surface area contributed by atoms with Gasteiger partial charge in [0.15, 0.2) is 0 Å². The zero-order chi connectivity index (χ0) is 24.5. The van der Waals surface area contributed by atoms with E-state index in [0.717, 1.165) is 53.3 Å². The minimum absolute atomic E-state index is 0.108. The molecule has 1 saturated heterocycles. The normalized spacial score (nSPS) is 16.5. The maximum absolute atomic E-state index is 13.5. The summed E-state index contributed by atoms with van der Waals surface area (Å²) in [6.45, 7) is 7.42. The highest BCUT2D eigenvalue weighted by molar-refractivity contribution is 6.36. The maximum atomic E-state index is 13.5. The van der Waals surface area contributed by atoms with E-state index in [1.807, 2.05) is 32.0 Å². The van der Waals surface area contributed by atoms with Crippen LogP contribution < -0.4 is 10.6 Å². The van der Waals surface area contributed by atoms with Crippen molar-refractivity contribution in [3.63, 3.8) is 0 Å². The number of nitrogens with one attached hydrogen (secondary N) is 3. The molecule has 0 bridgehead atoms. The molecule has 0 aliphatic carbocycles. The average Bonchev–Trinajstić information content (AvgIpc) is 3.53. The van der Waals surface area contributed by atoms with E-state index < -0.39 is 0 Å². The number of H-pyrrole nitrogens is 1. The molecule has 3 heterocycles. The predicted octanol–water partition coefficient (Wildman–Crippen LogP) is 4.76. The van der Waals surface area contributed by atoms with Crippen LogP contribution in [0.15, 0.2) is 42.5 Å². The minimum Gasteiger partial charge on any atom is -0.358 e. The molecule has 2 aliphatic heterocycles. The van der Waals surface area contributed by atoms with E-state index >= 15 is 0 Å². The lowest BCUT2D eigenvalue weighted by molar-refractivity contribution is -0.110. The topological polar surface area (TPSA) is 77.2 Å². The molecule has 0 radical (unpaired) electrons. The Morgan fingerprint density at radius 1 is 1.11 bits per heavy atom. The highest BCUT2D eigenvalue weighted by Crippen LogP contribution is 2.40. The Hall–Kier alpha value is -3.71. The van der Waals surface area contributed by atoms with Gasteiger partial charge in [0, 0.05) is 35.7 Å². The van der Waals surface area contributed by atoms with Crippen molar-refractivity contribution >= 4 is 29.2 Å². The maximum Gasteiger partial charge on any atom is 0.256 e. The zero-order valence-electron chi connectivity index (χ0n) is 20.0. The predicted molar refractivity (Wildman–Crippen MR) is 137 cm³/mol. The quantitative estimate of drug-likeness (QED) is 0.453. The number of nitrogens with zero attached hydrogens (tertiary/aromatic N) is 1. The van der Waals surface area contributed by atoms with Gasteiger partial charge in [-0.05, 0) is 80.7 Å². The second kappa shape index (κ2) is 9.50. The standard InChI is InChI=1S/C28H29FN4O2/c1-17-24(31-18(2)25(17)28(35)30-12-15-33-13-3-4-14-33)16-22-26-21(19-8-10-20(29)11-9-19)6-5-7-23(26)32-27(22)34/h5-11,16,31H,3-4,12-15H2,1-2H3,(H,30,35)(H,32,34)/b22-16-. The van der Waals surface area contributed by atoms with Crippen molar-refractivity contribution in [1.82, 2.24) is 15.2 Å². The highest BCUT2D eigenvalue weighted by atomic mass is 19.1. The smallest absolute Gasteiger partial charge is 0.256 e. The van der Waals surface area contributed by atoms with Gasteiger partial charge < -0.3 is 20.5 Å². The Morgan fingerprint density at radius 2 is 1.86 bits per heavy atom. The summed E-state index contributed by atoms with van der Waals surface area (Å²) in [6.07, 6.45) is 4.25. The van der Waals surface area contributed by atoms with E-state index in [1.54, 1.807) is 18.2 Å². The molecule has 0 unspecified atom stereocenters. The molecule has 3 N–H and O–H groups in total. The molecule has 1 aromatic heterocycles. The Balaban J connectivity index is 1.44. The van der Waals surface area contributed by atoms with E-state index in [1.165, 1.54) is 25.0 Å². The summed E-state index contributed by atoms with van der Waals surface area (Å²) in [5.41, 5.74) is 6.55. The van der Waals surface area contributed by atoms with Crippen LogP contribution in [0.3, 0.4) is 0 Å². The van der Waals surface area contributed by atoms with Crippen LogP contribution in [-0.4, -0.2) is 47.9 Å². The third-order valence-corrected chi connectivity index (χ3v) is 6.89. The molecule has 2 amide bonds. The Morgan fingerprint density at radius 3 is 2.60 bits per heavy atom. The monoisotopic (exact) mass is 472 g/mol. The van der Waals surface area contributed by atoms with E-state index in [2.05, 4.69) is 20.5 Å². The van der Waals surface area contributed by atoms with Crippen LogP contribution in [0.25, 0.3) is 22.8 Å². The molecule has 35 heavy (non-hydrogen) atoms. The Kier molecular flexibility index (Phi) is 6.26. The Labute approximate surface area is 204 Å². The van der Waals surface area contributed by atoms with Gasteiger partial charge in [-0.15, -0.1) is 0 Å². The number of hydrogen-bond acceptors (Lipinski definition) is 3. The van der Waals surface area contributed by atoms with E-state index in [4.69, 9.17) is 0 Å². The molecule has 180 valence electrons. The SMILES string of the molecule is Cc1[nH]c(/C=C2\C(=O)Nc3cccc(-c4ccc(F)cc4)c32)c(C)c1C(=O)NCCN1CCCC1. The minimum atomic E-state index is -0.310. The van der Waals surface area contributed by atoms with Gasteiger partial charge in [0.05, 0.1) is 11.1 Å². The first-order chi connectivity index (χ1) is 16.9. The summed E-state index contributed by atoms with van der Waals surface area (Å²) in [5.74, 6) is -0.629. The average molecular weight is 473 g/mol. The van der Waals surface area contributed by atoms with Gasteiger partial charge in [0.1, 0.15) is 5.82 Å². The van der Waals surface area contributed by atoms with Crippen molar-refractivity contribution in [2.75, 3.05) is 31.5 Å². The van der Waals surface area contributed by atoms with Crippen LogP contribution in [0.4, 0.5) is 10.1 Å². The summed E-state index contributed by atoms with van der Waals surface area (Å²) < 4.78 is 13.5. The van der Waals surface area contributed by atoms with Crippen molar-refractivity contribution in [2.45, 2.75) is 26.7 Å². The second-order valence-corrected chi connectivity index (χ2v) is 9.22. The summed E-state index contributed by atoms with van der Waals surface area (Å²) in [6, 6.07) is 11.9. The molecule has 7 heteroatoms. The van der Waals surface area contributed by atoms with E-state index in [-0.39, 0.29) is 17.6 Å². The van der Waals surface area contributed by atoms with Gasteiger partial charge in [0.25, 0.3) is 11.8 Å². The van der Waals surface area contributed by atoms with Crippen LogP contribution in [0.2, 0.25) is 0 Å². The number of aromatic amines is 1. The number of fused-ring (bicyclic) bond motifs is 1. The van der Waals surface area contributed by atoms with Crippen molar-refractivity contribution in [2.24, 2.45) is 0 Å². The largest absolute Gasteiger partial charge is 0.358 e. The fraction of sp³-hybridized carbons (Fsp3) is 0.286. The van der Waals surface area contributed by atoms with Crippen LogP contribution in [0.1, 0.15) is 45.7 Å². The van der Waals surface area contributed by atoms with Crippen molar-refractivity contribution in [3.05, 3.63) is 76.4 Å². The second-order valence-electron chi connectivity index (χ2n) is 9.22. The molecule has 2 aromatic carbocycles. The number of carbonyl (C=O) groups excluding carboxylic acids is 2. The lowest BCUT2D eigenvalue weighted by atomic mass is 9.94. The lowest BCUT2D eigenvalue weighted by Crippen LogP contribution is -2.33. The van der Waals surface area contributed by atoms with E-state index in [0.29, 0.717) is 23.4 Å². The zero-order valence-corrected chi connectivity index (χ0v) is 20.0. The first-order valence-corrected chi connectivity index (χ1v) is 12.0. The van der Waals surface area contributed by atoms with Gasteiger partial charge in [-0.3, -0.25) is 9.59 Å². The van der Waals surface area contributed by atoms with Crippen molar-refractivity contribution < 1.29 is 14.0 Å². The first-order valence-electron chi connectivity index (χ1n) is 12.0. The Bertz CT molecular complexity index is 1320. The molecule has 1 fully saturated rings. The summed E-state index contributed by atoms with van der Waals surface area (Å²) in [7, 11) is 0. The fourth-order valence-corrected chi connectivity index (χ4v) is 5.08. The van der Waals surface area contributed by atoms with Crippen molar-refractivity contribution in [1.29, 1.82) is 0 Å². The number of rotatable bonds is 6. The van der Waals surface area contributed by atoms with Gasteiger partial charge in [0.2, 0.25) is 0 Å². The number of carbonyl (C=O) groups is 2. The molecule has 0 atom stereocenters. The third kappa shape index (κ3) is 4.51. The molecule has 0 saturated carbocycles. The number of amides is 2. The molecule has 6 nitrogen and oxygen atoms in total. The van der Waals surface area contributed by atoms with Gasteiger partial charge in [-0.2, -0.15) is 0 Å². The number of likely N-dealkylation sites (tertiary alicyclic amines) is 1. The number of halogens is 1. The van der Waals surface area contributed by atoms with Crippen LogP contribution in [-0.2, 0) is 4.79 Å². The number of aryl methyl sites for hydroxylation is 1. The number of anilines is 1. The number of benzene rings is 2. The lowest BCUT2D eigenvalue weighted by Gasteiger charge is -2.14. The molecular weight excluding hydrogens is 443 g/mol. The first kappa shape index (κ1) is 23.1. The van der Waals surface area contributed by atoms with Gasteiger partial charge >= 0.3 is 0 Å². The summed E-state index contributed by atoms with van der Waals surface area (Å²) in [4.78, 5) is 31.6.